The van der Waals surface area contributed by atoms with Gasteiger partial charge >= 0.3 is 12.1 Å². The summed E-state index contributed by atoms with van der Waals surface area (Å²) in [7, 11) is 0. The molecule has 2 aromatic carbocycles. The fourth-order valence-corrected chi connectivity index (χ4v) is 3.74. The van der Waals surface area contributed by atoms with Crippen molar-refractivity contribution < 1.29 is 19.1 Å². The van der Waals surface area contributed by atoms with Gasteiger partial charge in [-0.15, -0.1) is 0 Å². The molecule has 0 aromatic heterocycles. The Morgan fingerprint density at radius 3 is 2.15 bits per heavy atom. The van der Waals surface area contributed by atoms with E-state index in [2.05, 4.69) is 10.6 Å². The van der Waals surface area contributed by atoms with Crippen LogP contribution in [0.3, 0.4) is 0 Å². The summed E-state index contributed by atoms with van der Waals surface area (Å²) in [6, 6.07) is 17.0. The second kappa shape index (κ2) is 11.3. The van der Waals surface area contributed by atoms with Crippen LogP contribution >= 0.6 is 12.2 Å². The van der Waals surface area contributed by atoms with Crippen LogP contribution in [0.15, 0.2) is 54.6 Å². The highest BCUT2D eigenvalue weighted by molar-refractivity contribution is 7.80. The maximum absolute atomic E-state index is 13.5. The van der Waals surface area contributed by atoms with Crippen molar-refractivity contribution >= 4 is 29.4 Å². The number of esters is 1. The maximum atomic E-state index is 13.5. The van der Waals surface area contributed by atoms with Gasteiger partial charge in [-0.3, -0.25) is 5.32 Å². The van der Waals surface area contributed by atoms with Gasteiger partial charge in [-0.2, -0.15) is 0 Å². The van der Waals surface area contributed by atoms with Crippen molar-refractivity contribution in [1.82, 2.24) is 10.6 Å². The molecule has 2 N–H and O–H groups in total. The maximum Gasteiger partial charge on any atom is 0.413 e. The zero-order valence-electron chi connectivity index (χ0n) is 20.2. The van der Waals surface area contributed by atoms with Gasteiger partial charge in [0.2, 0.25) is 0 Å². The minimum Gasteiger partial charge on any atom is -0.461 e. The Balaban J connectivity index is 2.29. The predicted molar refractivity (Wildman–Crippen MR) is 134 cm³/mol. The van der Waals surface area contributed by atoms with E-state index in [0.717, 1.165) is 11.1 Å². The monoisotopic (exact) mass is 470 g/mol. The van der Waals surface area contributed by atoms with Crippen molar-refractivity contribution in [1.29, 1.82) is 0 Å². The Morgan fingerprint density at radius 2 is 1.61 bits per heavy atom. The molecule has 6 nitrogen and oxygen atoms in total. The summed E-state index contributed by atoms with van der Waals surface area (Å²) < 4.78 is 10.9. The molecule has 2 aromatic rings. The lowest BCUT2D eigenvalue weighted by Gasteiger charge is -2.39. The fourth-order valence-electron chi connectivity index (χ4n) is 3.48. The van der Waals surface area contributed by atoms with Crippen LogP contribution in [0.2, 0.25) is 0 Å². The van der Waals surface area contributed by atoms with Crippen LogP contribution in [0.1, 0.15) is 57.7 Å². The number of aryl methyl sites for hydroxylation is 1. The van der Waals surface area contributed by atoms with E-state index in [1.54, 1.807) is 13.8 Å². The summed E-state index contributed by atoms with van der Waals surface area (Å²) in [4.78, 5) is 25.8. The van der Waals surface area contributed by atoms with Crippen molar-refractivity contribution in [2.24, 2.45) is 5.41 Å². The Morgan fingerprint density at radius 1 is 1.00 bits per heavy atom. The van der Waals surface area contributed by atoms with Gasteiger partial charge in [0.1, 0.15) is 6.61 Å². The van der Waals surface area contributed by atoms with Crippen LogP contribution in [0.4, 0.5) is 4.79 Å². The van der Waals surface area contributed by atoms with Gasteiger partial charge in [0.15, 0.2) is 10.7 Å². The molecule has 0 aliphatic carbocycles. The van der Waals surface area contributed by atoms with E-state index in [9.17, 15) is 9.59 Å². The molecular formula is C26H34N2O4S. The molecule has 178 valence electrons. The number of alkyl carbamates (subject to hydrolysis) is 1. The molecule has 0 heterocycles. The van der Waals surface area contributed by atoms with Crippen molar-refractivity contribution in [2.75, 3.05) is 0 Å². The van der Waals surface area contributed by atoms with Gasteiger partial charge in [-0.1, -0.05) is 80.9 Å². The minimum atomic E-state index is -1.29. The van der Waals surface area contributed by atoms with Crippen molar-refractivity contribution in [3.05, 3.63) is 71.3 Å². The van der Waals surface area contributed by atoms with Crippen LogP contribution in [-0.2, 0) is 26.4 Å². The Kier molecular flexibility index (Phi) is 8.99. The molecule has 33 heavy (non-hydrogen) atoms. The number of benzene rings is 2. The normalized spacial score (nSPS) is 13.1. The number of ether oxygens (including phenoxy) is 2. The quantitative estimate of drug-likeness (QED) is 0.418. The van der Waals surface area contributed by atoms with E-state index in [-0.39, 0.29) is 23.2 Å². The first kappa shape index (κ1) is 26.3. The summed E-state index contributed by atoms with van der Waals surface area (Å²) in [5, 5.41) is 5.62. The molecule has 0 radical (unpaired) electrons. The van der Waals surface area contributed by atoms with E-state index < -0.39 is 17.6 Å². The van der Waals surface area contributed by atoms with Crippen LogP contribution in [0.5, 0.6) is 0 Å². The molecule has 0 saturated carbocycles. The lowest BCUT2D eigenvalue weighted by atomic mass is 9.75. The zero-order chi connectivity index (χ0) is 24.6. The number of nitrogens with one attached hydrogen (secondary N) is 2. The SMILES string of the molecule is Cc1ccc([C@@](CC(C)(C)C)(NC(=S)NC(=O)OCc2ccccc2)C(=O)OC(C)C)cc1. The third-order valence-corrected chi connectivity index (χ3v) is 4.99. The van der Waals surface area contributed by atoms with E-state index in [1.165, 1.54) is 0 Å². The highest BCUT2D eigenvalue weighted by atomic mass is 32.1. The molecule has 0 spiro atoms. The number of amides is 1. The first-order valence-electron chi connectivity index (χ1n) is 11.0. The third kappa shape index (κ3) is 8.17. The molecule has 0 bridgehead atoms. The lowest BCUT2D eigenvalue weighted by molar-refractivity contribution is -0.157. The smallest absolute Gasteiger partial charge is 0.413 e. The topological polar surface area (TPSA) is 76.7 Å². The van der Waals surface area contributed by atoms with Crippen LogP contribution < -0.4 is 10.6 Å². The highest BCUT2D eigenvalue weighted by Gasteiger charge is 2.46. The lowest BCUT2D eigenvalue weighted by Crippen LogP contribution is -2.58. The molecule has 0 aliphatic rings. The van der Waals surface area contributed by atoms with Crippen LogP contribution in [0, 0.1) is 12.3 Å². The van der Waals surface area contributed by atoms with Crippen molar-refractivity contribution in [3.8, 4) is 0 Å². The largest absolute Gasteiger partial charge is 0.461 e. The molecule has 2 rings (SSSR count). The van der Waals surface area contributed by atoms with Gasteiger partial charge in [-0.05, 0) is 56.0 Å². The van der Waals surface area contributed by atoms with Crippen molar-refractivity contribution in [3.63, 3.8) is 0 Å². The average Bonchev–Trinajstić information content (AvgIpc) is 2.71. The standard InChI is InChI=1S/C26H34N2O4S/c1-18(2)32-22(29)26(17-25(4,5)6,21-14-12-19(3)13-15-21)28-23(33)27-24(30)31-16-20-10-8-7-9-11-20/h7-15,18H,16-17H2,1-6H3,(H2,27,28,30,33)/t26-/m1/s1. The zero-order valence-corrected chi connectivity index (χ0v) is 21.0. The van der Waals surface area contributed by atoms with Gasteiger partial charge < -0.3 is 14.8 Å². The molecule has 0 aliphatic heterocycles. The Labute approximate surface area is 202 Å². The molecule has 0 unspecified atom stereocenters. The molecular weight excluding hydrogens is 436 g/mol. The number of carbonyl (C=O) groups is 2. The summed E-state index contributed by atoms with van der Waals surface area (Å²) in [6.45, 7) is 11.8. The first-order chi connectivity index (χ1) is 15.4. The Hall–Kier alpha value is -2.93. The number of rotatable bonds is 7. The molecule has 1 amide bonds. The van der Waals surface area contributed by atoms with E-state index in [1.807, 2.05) is 82.3 Å². The van der Waals surface area contributed by atoms with E-state index in [4.69, 9.17) is 21.7 Å². The number of carbonyl (C=O) groups excluding carboxylic acids is 2. The molecule has 1 atom stereocenters. The fraction of sp³-hybridized carbons (Fsp3) is 0.423. The van der Waals surface area contributed by atoms with Gasteiger partial charge in [0.25, 0.3) is 0 Å². The summed E-state index contributed by atoms with van der Waals surface area (Å²) in [5.41, 5.74) is 1.06. The molecule has 0 fully saturated rings. The molecule has 7 heteroatoms. The van der Waals surface area contributed by atoms with E-state index >= 15 is 0 Å². The van der Waals surface area contributed by atoms with Crippen LogP contribution in [0.25, 0.3) is 0 Å². The van der Waals surface area contributed by atoms with Gasteiger partial charge in [0.05, 0.1) is 6.10 Å². The van der Waals surface area contributed by atoms with Crippen molar-refractivity contribution in [2.45, 2.75) is 66.2 Å². The Bertz CT molecular complexity index is 953. The average molecular weight is 471 g/mol. The minimum absolute atomic E-state index is 0.0152. The first-order valence-corrected chi connectivity index (χ1v) is 11.4. The summed E-state index contributed by atoms with van der Waals surface area (Å²) in [6.07, 6.45) is -0.640. The summed E-state index contributed by atoms with van der Waals surface area (Å²) >= 11 is 5.43. The van der Waals surface area contributed by atoms with Gasteiger partial charge in [0, 0.05) is 0 Å². The number of hydrogen-bond acceptors (Lipinski definition) is 5. The highest BCUT2D eigenvalue weighted by Crippen LogP contribution is 2.36. The van der Waals surface area contributed by atoms with Crippen LogP contribution in [-0.4, -0.2) is 23.3 Å². The van der Waals surface area contributed by atoms with E-state index in [0.29, 0.717) is 12.0 Å². The number of hydrogen-bond donors (Lipinski definition) is 2. The summed E-state index contributed by atoms with van der Waals surface area (Å²) in [5.74, 6) is -0.460. The predicted octanol–water partition coefficient (Wildman–Crippen LogP) is 5.38. The molecule has 0 saturated heterocycles. The number of thiocarbonyl (C=S) groups is 1. The van der Waals surface area contributed by atoms with Gasteiger partial charge in [-0.25, -0.2) is 9.59 Å². The second-order valence-electron chi connectivity index (χ2n) is 9.60. The third-order valence-electron chi connectivity index (χ3n) is 4.79. The second-order valence-corrected chi connectivity index (χ2v) is 10.0.